The minimum atomic E-state index is -1.80. The molecule has 0 unspecified atom stereocenters. The second-order valence-electron chi connectivity index (χ2n) is 2.61. The molecule has 0 amide bonds. The molecule has 0 aromatic heterocycles. The van der Waals surface area contributed by atoms with E-state index in [9.17, 15) is 9.18 Å². The number of rotatable bonds is 3. The molecule has 0 radical (unpaired) electrons. The Labute approximate surface area is 80.1 Å². The van der Waals surface area contributed by atoms with Crippen molar-refractivity contribution >= 4 is 18.9 Å². The fourth-order valence-corrected chi connectivity index (χ4v) is 1.06. The molecular formula is C8H8BFO4. The Morgan fingerprint density at radius 2 is 2.14 bits per heavy atom. The Hall–Kier alpha value is -1.40. The summed E-state index contributed by atoms with van der Waals surface area (Å²) in [5, 5.41) is 17.8. The first-order valence-corrected chi connectivity index (χ1v) is 3.79. The van der Waals surface area contributed by atoms with Crippen LogP contribution in [-0.2, 0) is 0 Å². The van der Waals surface area contributed by atoms with Gasteiger partial charge in [0.05, 0.1) is 7.11 Å². The van der Waals surface area contributed by atoms with Gasteiger partial charge in [-0.15, -0.1) is 0 Å². The molecule has 0 saturated carbocycles. The second-order valence-corrected chi connectivity index (χ2v) is 2.61. The van der Waals surface area contributed by atoms with Crippen molar-refractivity contribution in [1.29, 1.82) is 0 Å². The van der Waals surface area contributed by atoms with Crippen molar-refractivity contribution in [3.8, 4) is 5.75 Å². The van der Waals surface area contributed by atoms with Crippen LogP contribution in [0, 0.1) is 5.82 Å². The van der Waals surface area contributed by atoms with Crippen LogP contribution in [-0.4, -0.2) is 30.6 Å². The van der Waals surface area contributed by atoms with Gasteiger partial charge < -0.3 is 14.8 Å². The molecule has 0 saturated heterocycles. The molecule has 0 spiro atoms. The predicted octanol–water partition coefficient (Wildman–Crippen LogP) is -0.673. The summed E-state index contributed by atoms with van der Waals surface area (Å²) in [6.07, 6.45) is 0.292. The fraction of sp³-hybridized carbons (Fsp3) is 0.125. The van der Waals surface area contributed by atoms with E-state index in [1.54, 1.807) is 0 Å². The van der Waals surface area contributed by atoms with E-state index < -0.39 is 12.9 Å². The molecule has 4 nitrogen and oxygen atoms in total. The van der Waals surface area contributed by atoms with Crippen molar-refractivity contribution in [3.05, 3.63) is 23.5 Å². The van der Waals surface area contributed by atoms with Crippen LogP contribution in [0.3, 0.4) is 0 Å². The molecule has 0 aliphatic heterocycles. The van der Waals surface area contributed by atoms with E-state index in [2.05, 4.69) is 0 Å². The third-order valence-corrected chi connectivity index (χ3v) is 1.75. The summed E-state index contributed by atoms with van der Waals surface area (Å²) in [6, 6.07) is 1.96. The molecule has 14 heavy (non-hydrogen) atoms. The number of benzene rings is 1. The first kappa shape index (κ1) is 10.7. The Morgan fingerprint density at radius 1 is 1.50 bits per heavy atom. The fourth-order valence-electron chi connectivity index (χ4n) is 1.06. The standard InChI is InChI=1S/C8H8BFO4/c1-14-8-3-7(10)5(4-11)2-6(8)9(12)13/h2-4,12-13H,1H3. The maximum absolute atomic E-state index is 13.0. The van der Waals surface area contributed by atoms with Crippen molar-refractivity contribution in [2.45, 2.75) is 0 Å². The highest BCUT2D eigenvalue weighted by Gasteiger charge is 2.19. The quantitative estimate of drug-likeness (QED) is 0.499. The van der Waals surface area contributed by atoms with Crippen LogP contribution in [0.1, 0.15) is 10.4 Å². The number of methoxy groups -OCH3 is 1. The molecule has 1 aromatic carbocycles. The van der Waals surface area contributed by atoms with Crippen molar-refractivity contribution in [2.24, 2.45) is 0 Å². The van der Waals surface area contributed by atoms with E-state index in [0.717, 1.165) is 12.1 Å². The minimum Gasteiger partial charge on any atom is -0.497 e. The first-order chi connectivity index (χ1) is 6.60. The zero-order chi connectivity index (χ0) is 10.7. The highest BCUT2D eigenvalue weighted by atomic mass is 19.1. The topological polar surface area (TPSA) is 66.8 Å². The Bertz CT molecular complexity index is 353. The molecule has 6 heteroatoms. The number of hydrogen-bond donors (Lipinski definition) is 2. The Morgan fingerprint density at radius 3 is 2.57 bits per heavy atom. The van der Waals surface area contributed by atoms with Crippen LogP contribution in [0.15, 0.2) is 12.1 Å². The monoisotopic (exact) mass is 198 g/mol. The first-order valence-electron chi connectivity index (χ1n) is 3.79. The van der Waals surface area contributed by atoms with E-state index in [1.807, 2.05) is 0 Å². The molecular weight excluding hydrogens is 190 g/mol. The Balaban J connectivity index is 3.32. The lowest BCUT2D eigenvalue weighted by molar-refractivity contribution is 0.112. The lowest BCUT2D eigenvalue weighted by atomic mass is 9.78. The highest BCUT2D eigenvalue weighted by molar-refractivity contribution is 6.59. The van der Waals surface area contributed by atoms with Gasteiger partial charge in [-0.2, -0.15) is 0 Å². The van der Waals surface area contributed by atoms with Gasteiger partial charge in [0.15, 0.2) is 6.29 Å². The molecule has 0 fully saturated rings. The van der Waals surface area contributed by atoms with Gasteiger partial charge >= 0.3 is 7.12 Å². The molecule has 0 heterocycles. The van der Waals surface area contributed by atoms with Gasteiger partial charge in [0.25, 0.3) is 0 Å². The lowest BCUT2D eigenvalue weighted by Crippen LogP contribution is -2.31. The van der Waals surface area contributed by atoms with Crippen LogP contribution < -0.4 is 10.2 Å². The van der Waals surface area contributed by atoms with Crippen LogP contribution in [0.5, 0.6) is 5.75 Å². The third kappa shape index (κ3) is 1.91. The zero-order valence-electron chi connectivity index (χ0n) is 7.40. The van der Waals surface area contributed by atoms with E-state index in [1.165, 1.54) is 7.11 Å². The van der Waals surface area contributed by atoms with Gasteiger partial charge in [0, 0.05) is 17.1 Å². The highest BCUT2D eigenvalue weighted by Crippen LogP contribution is 2.13. The Kier molecular flexibility index (Phi) is 3.21. The number of hydrogen-bond acceptors (Lipinski definition) is 4. The van der Waals surface area contributed by atoms with Crippen molar-refractivity contribution in [1.82, 2.24) is 0 Å². The molecule has 2 N–H and O–H groups in total. The molecule has 0 aliphatic carbocycles. The van der Waals surface area contributed by atoms with Gasteiger partial charge in [-0.05, 0) is 6.07 Å². The van der Waals surface area contributed by atoms with Gasteiger partial charge in [0.2, 0.25) is 0 Å². The van der Waals surface area contributed by atoms with Gasteiger partial charge in [0.1, 0.15) is 11.6 Å². The van der Waals surface area contributed by atoms with Crippen LogP contribution in [0.2, 0.25) is 0 Å². The number of carbonyl (C=O) groups is 1. The number of aldehydes is 1. The third-order valence-electron chi connectivity index (χ3n) is 1.75. The normalized spacial score (nSPS) is 9.71. The van der Waals surface area contributed by atoms with E-state index in [0.29, 0.717) is 6.29 Å². The molecule has 0 atom stereocenters. The number of carbonyl (C=O) groups excluding carboxylic acids is 1. The SMILES string of the molecule is COc1cc(F)c(C=O)cc1B(O)O. The van der Waals surface area contributed by atoms with Crippen LogP contribution in [0.25, 0.3) is 0 Å². The van der Waals surface area contributed by atoms with Gasteiger partial charge in [-0.1, -0.05) is 0 Å². The molecule has 74 valence electrons. The number of halogens is 1. The van der Waals surface area contributed by atoms with E-state index in [-0.39, 0.29) is 16.8 Å². The smallest absolute Gasteiger partial charge is 0.492 e. The molecule has 0 aliphatic rings. The van der Waals surface area contributed by atoms with Crippen LogP contribution >= 0.6 is 0 Å². The van der Waals surface area contributed by atoms with Gasteiger partial charge in [-0.3, -0.25) is 4.79 Å². The summed E-state index contributed by atoms with van der Waals surface area (Å²) in [6.45, 7) is 0. The maximum atomic E-state index is 13.0. The summed E-state index contributed by atoms with van der Waals surface area (Å²) in [5.74, 6) is -0.774. The average Bonchev–Trinajstić information content (AvgIpc) is 2.16. The second kappa shape index (κ2) is 4.21. The maximum Gasteiger partial charge on any atom is 0.492 e. The summed E-state index contributed by atoms with van der Waals surface area (Å²) in [7, 11) is -0.537. The van der Waals surface area contributed by atoms with Gasteiger partial charge in [-0.25, -0.2) is 4.39 Å². The molecule has 1 rings (SSSR count). The molecule has 1 aromatic rings. The van der Waals surface area contributed by atoms with Crippen molar-refractivity contribution < 1.29 is 24.0 Å². The van der Waals surface area contributed by atoms with Crippen molar-refractivity contribution in [2.75, 3.05) is 7.11 Å². The zero-order valence-corrected chi connectivity index (χ0v) is 7.40. The van der Waals surface area contributed by atoms with Crippen molar-refractivity contribution in [3.63, 3.8) is 0 Å². The molecule has 0 bridgehead atoms. The summed E-state index contributed by atoms with van der Waals surface area (Å²) in [5.41, 5.74) is -0.287. The predicted molar refractivity (Wildman–Crippen MR) is 48.2 cm³/mol. The van der Waals surface area contributed by atoms with E-state index >= 15 is 0 Å². The summed E-state index contributed by atoms with van der Waals surface area (Å²) >= 11 is 0. The average molecular weight is 198 g/mol. The lowest BCUT2D eigenvalue weighted by Gasteiger charge is -2.08. The van der Waals surface area contributed by atoms with E-state index in [4.69, 9.17) is 14.8 Å². The van der Waals surface area contributed by atoms with Crippen LogP contribution in [0.4, 0.5) is 4.39 Å². The summed E-state index contributed by atoms with van der Waals surface area (Å²) in [4.78, 5) is 10.4. The summed E-state index contributed by atoms with van der Waals surface area (Å²) < 4.78 is 17.7. The number of ether oxygens (including phenoxy) is 1. The largest absolute Gasteiger partial charge is 0.497 e. The minimum absolute atomic E-state index is 0.0110.